The highest BCUT2D eigenvalue weighted by molar-refractivity contribution is 7.11. The summed E-state index contributed by atoms with van der Waals surface area (Å²) in [5, 5.41) is 12.8. The predicted octanol–water partition coefficient (Wildman–Crippen LogP) is 1.07. The van der Waals surface area contributed by atoms with Crippen LogP contribution in [-0.4, -0.2) is 34.9 Å². The van der Waals surface area contributed by atoms with Gasteiger partial charge < -0.3 is 10.1 Å². The Morgan fingerprint density at radius 3 is 3.00 bits per heavy atom. The Morgan fingerprint density at radius 2 is 2.41 bits per heavy atom. The first-order valence-electron chi connectivity index (χ1n) is 5.81. The predicted molar refractivity (Wildman–Crippen MR) is 65.0 cm³/mol. The number of ether oxygens (including phenoxy) is 1. The number of hydrogen-bond donors (Lipinski definition) is 1. The molecule has 1 amide bonds. The van der Waals surface area contributed by atoms with Crippen LogP contribution < -0.4 is 5.32 Å². The van der Waals surface area contributed by atoms with E-state index in [-0.39, 0.29) is 5.91 Å². The van der Waals surface area contributed by atoms with Crippen molar-refractivity contribution in [2.75, 3.05) is 13.2 Å². The average Bonchev–Trinajstić information content (AvgIpc) is 2.89. The van der Waals surface area contributed by atoms with E-state index in [0.29, 0.717) is 13.2 Å². The Labute approximate surface area is 105 Å². The van der Waals surface area contributed by atoms with Crippen LogP contribution in [-0.2, 0) is 16.0 Å². The normalized spacial score (nSPS) is 23.9. The van der Waals surface area contributed by atoms with E-state index >= 15 is 0 Å². The molecule has 17 heavy (non-hydrogen) atoms. The number of carbonyl (C=O) groups excluding carboxylic acids is 1. The molecule has 1 fully saturated rings. The molecule has 2 heterocycles. The molecule has 1 aliphatic rings. The first-order chi connectivity index (χ1) is 8.10. The number of carbonyl (C=O) groups is 1. The zero-order valence-corrected chi connectivity index (χ0v) is 11.0. The monoisotopic (exact) mass is 255 g/mol. The van der Waals surface area contributed by atoms with Crippen LogP contribution in [0.3, 0.4) is 0 Å². The zero-order valence-electron chi connectivity index (χ0n) is 10.2. The van der Waals surface area contributed by atoms with Gasteiger partial charge in [0.2, 0.25) is 0 Å². The van der Waals surface area contributed by atoms with Crippen molar-refractivity contribution in [3.05, 3.63) is 10.0 Å². The van der Waals surface area contributed by atoms with Gasteiger partial charge in [-0.3, -0.25) is 4.79 Å². The number of aromatic nitrogens is 2. The minimum absolute atomic E-state index is 0.0174. The van der Waals surface area contributed by atoms with E-state index in [4.69, 9.17) is 4.74 Å². The third-order valence-corrected chi connectivity index (χ3v) is 3.79. The van der Waals surface area contributed by atoms with Crippen molar-refractivity contribution in [1.29, 1.82) is 0 Å². The Bertz CT molecular complexity index is 399. The molecule has 1 saturated heterocycles. The van der Waals surface area contributed by atoms with Gasteiger partial charge in [0.25, 0.3) is 5.91 Å². The van der Waals surface area contributed by atoms with Crippen molar-refractivity contribution < 1.29 is 9.53 Å². The first kappa shape index (κ1) is 12.4. The molecule has 1 aliphatic heterocycles. The number of amides is 1. The fourth-order valence-corrected chi connectivity index (χ4v) is 2.58. The topological polar surface area (TPSA) is 64.1 Å². The minimum Gasteiger partial charge on any atom is -0.365 e. The van der Waals surface area contributed by atoms with Crippen molar-refractivity contribution in [3.63, 3.8) is 0 Å². The molecular weight excluding hydrogens is 238 g/mol. The third kappa shape index (κ3) is 3.01. The van der Waals surface area contributed by atoms with Crippen LogP contribution >= 0.6 is 11.3 Å². The highest BCUT2D eigenvalue weighted by Crippen LogP contribution is 2.24. The van der Waals surface area contributed by atoms with Crippen LogP contribution in [0.4, 0.5) is 0 Å². The molecule has 0 aromatic carbocycles. The maximum absolute atomic E-state index is 11.9. The summed E-state index contributed by atoms with van der Waals surface area (Å²) in [6.07, 6.45) is 2.49. The van der Waals surface area contributed by atoms with Crippen molar-refractivity contribution in [2.24, 2.45) is 0 Å². The first-order valence-corrected chi connectivity index (χ1v) is 6.63. The van der Waals surface area contributed by atoms with E-state index in [1.807, 2.05) is 13.8 Å². The summed E-state index contributed by atoms with van der Waals surface area (Å²) in [5.74, 6) is -0.0174. The van der Waals surface area contributed by atoms with Crippen LogP contribution in [0, 0.1) is 6.92 Å². The lowest BCUT2D eigenvalue weighted by Gasteiger charge is -2.21. The minimum atomic E-state index is -0.628. The molecule has 6 heteroatoms. The Morgan fingerprint density at radius 1 is 1.59 bits per heavy atom. The lowest BCUT2D eigenvalue weighted by Crippen LogP contribution is -2.44. The van der Waals surface area contributed by atoms with Crippen LogP contribution in [0.15, 0.2) is 0 Å². The van der Waals surface area contributed by atoms with Crippen LogP contribution in [0.25, 0.3) is 0 Å². The van der Waals surface area contributed by atoms with Gasteiger partial charge in [0.15, 0.2) is 0 Å². The molecule has 1 aromatic heterocycles. The van der Waals surface area contributed by atoms with Crippen molar-refractivity contribution in [2.45, 2.75) is 38.7 Å². The van der Waals surface area contributed by atoms with Gasteiger partial charge in [-0.25, -0.2) is 0 Å². The highest BCUT2D eigenvalue weighted by Gasteiger charge is 2.37. The van der Waals surface area contributed by atoms with Crippen molar-refractivity contribution >= 4 is 17.2 Å². The molecule has 0 unspecified atom stereocenters. The quantitative estimate of drug-likeness (QED) is 0.874. The second-order valence-corrected chi connectivity index (χ2v) is 5.67. The molecule has 1 atom stereocenters. The van der Waals surface area contributed by atoms with Gasteiger partial charge in [-0.05, 0) is 26.7 Å². The van der Waals surface area contributed by atoms with Gasteiger partial charge in [-0.15, -0.1) is 21.5 Å². The van der Waals surface area contributed by atoms with Crippen LogP contribution in [0.5, 0.6) is 0 Å². The summed E-state index contributed by atoms with van der Waals surface area (Å²) in [4.78, 5) is 11.9. The molecule has 2 rings (SSSR count). The van der Waals surface area contributed by atoms with Crippen LogP contribution in [0.2, 0.25) is 0 Å². The molecule has 0 bridgehead atoms. The van der Waals surface area contributed by atoms with Gasteiger partial charge in [0, 0.05) is 19.6 Å². The summed E-state index contributed by atoms with van der Waals surface area (Å²) in [5.41, 5.74) is -0.628. The number of nitrogens with one attached hydrogen (secondary N) is 1. The van der Waals surface area contributed by atoms with E-state index in [9.17, 15) is 4.79 Å². The SMILES string of the molecule is Cc1nnc(CCNC(=O)[C@@]2(C)CCCO2)s1. The van der Waals surface area contributed by atoms with Crippen molar-refractivity contribution in [1.82, 2.24) is 15.5 Å². The lowest BCUT2D eigenvalue weighted by atomic mass is 10.0. The van der Waals surface area contributed by atoms with E-state index in [1.54, 1.807) is 11.3 Å². The number of rotatable bonds is 4. The highest BCUT2D eigenvalue weighted by atomic mass is 32.1. The standard InChI is InChI=1S/C11H17N3O2S/c1-8-13-14-9(17-8)4-6-12-10(15)11(2)5-3-7-16-11/h3-7H2,1-2H3,(H,12,15)/t11-/m1/s1. The molecule has 1 N–H and O–H groups in total. The molecule has 94 valence electrons. The molecule has 0 radical (unpaired) electrons. The van der Waals surface area contributed by atoms with Gasteiger partial charge in [0.1, 0.15) is 15.6 Å². The molecule has 0 spiro atoms. The Kier molecular flexibility index (Phi) is 3.73. The number of nitrogens with zero attached hydrogens (tertiary/aromatic N) is 2. The number of hydrogen-bond acceptors (Lipinski definition) is 5. The summed E-state index contributed by atoms with van der Waals surface area (Å²) in [6.45, 7) is 5.05. The molecule has 5 nitrogen and oxygen atoms in total. The maximum atomic E-state index is 11.9. The summed E-state index contributed by atoms with van der Waals surface area (Å²) < 4.78 is 5.47. The van der Waals surface area contributed by atoms with E-state index in [0.717, 1.165) is 29.3 Å². The molecule has 0 aliphatic carbocycles. The third-order valence-electron chi connectivity index (χ3n) is 2.89. The van der Waals surface area contributed by atoms with E-state index < -0.39 is 5.60 Å². The summed E-state index contributed by atoms with van der Waals surface area (Å²) >= 11 is 1.57. The van der Waals surface area contributed by atoms with Gasteiger partial charge in [-0.2, -0.15) is 0 Å². The zero-order chi connectivity index (χ0) is 12.3. The lowest BCUT2D eigenvalue weighted by molar-refractivity contribution is -0.139. The fraction of sp³-hybridized carbons (Fsp3) is 0.727. The van der Waals surface area contributed by atoms with Crippen LogP contribution in [0.1, 0.15) is 29.8 Å². The summed E-state index contributed by atoms with van der Waals surface area (Å²) in [6, 6.07) is 0. The largest absolute Gasteiger partial charge is 0.365 e. The summed E-state index contributed by atoms with van der Waals surface area (Å²) in [7, 11) is 0. The van der Waals surface area contributed by atoms with Gasteiger partial charge >= 0.3 is 0 Å². The molecule has 1 aromatic rings. The second-order valence-electron chi connectivity index (χ2n) is 4.40. The van der Waals surface area contributed by atoms with Crippen molar-refractivity contribution in [3.8, 4) is 0 Å². The second kappa shape index (κ2) is 5.10. The average molecular weight is 255 g/mol. The smallest absolute Gasteiger partial charge is 0.251 e. The van der Waals surface area contributed by atoms with E-state index in [2.05, 4.69) is 15.5 Å². The van der Waals surface area contributed by atoms with Gasteiger partial charge in [0.05, 0.1) is 0 Å². The maximum Gasteiger partial charge on any atom is 0.251 e. The van der Waals surface area contributed by atoms with Gasteiger partial charge in [-0.1, -0.05) is 0 Å². The number of aryl methyl sites for hydroxylation is 1. The van der Waals surface area contributed by atoms with E-state index in [1.165, 1.54) is 0 Å². The fourth-order valence-electron chi connectivity index (χ4n) is 1.87. The Hall–Kier alpha value is -1.01. The molecule has 0 saturated carbocycles. The Balaban J connectivity index is 1.77. The molecular formula is C11H17N3O2S.